The molecule has 3 nitrogen and oxygen atoms in total. The first kappa shape index (κ1) is 29.9. The van der Waals surface area contributed by atoms with Crippen molar-refractivity contribution in [2.45, 2.75) is 15.2 Å². The quantitative estimate of drug-likeness (QED) is 0.168. The Kier molecular flexibility index (Phi) is 5.53. The SMILES string of the molecule is CS1(C)c2ccccc2N(c2cccc3c2oc2ccccc23)c2ccc3c(c21)-c1ccccc1C31c2ccccc2-n2c3ccccc3c3cccc1c32. The van der Waals surface area contributed by atoms with Crippen molar-refractivity contribution in [2.24, 2.45) is 0 Å². The molecule has 0 fully saturated rings. The Morgan fingerprint density at radius 2 is 1.13 bits per heavy atom. The number of hydrogen-bond donors (Lipinski definition) is 0. The van der Waals surface area contributed by atoms with Crippen molar-refractivity contribution < 1.29 is 4.42 Å². The van der Waals surface area contributed by atoms with Gasteiger partial charge in [0, 0.05) is 36.9 Å². The van der Waals surface area contributed by atoms with Crippen molar-refractivity contribution in [3.63, 3.8) is 0 Å². The van der Waals surface area contributed by atoms with Crippen LogP contribution in [-0.4, -0.2) is 17.1 Å². The molecule has 2 aliphatic heterocycles. The Morgan fingerprint density at radius 3 is 2.04 bits per heavy atom. The summed E-state index contributed by atoms with van der Waals surface area (Å²) in [6, 6.07) is 63.3. The molecule has 1 atom stereocenters. The molecule has 260 valence electrons. The number of furan rings is 1. The molecule has 4 heteroatoms. The van der Waals surface area contributed by atoms with Gasteiger partial charge in [-0.05, 0) is 82.8 Å². The van der Waals surface area contributed by atoms with Crippen molar-refractivity contribution in [2.75, 3.05) is 17.4 Å². The van der Waals surface area contributed by atoms with Gasteiger partial charge in [0.05, 0.1) is 39.2 Å². The molecule has 0 bridgehead atoms. The monoisotopic (exact) mass is 722 g/mol. The third-order valence-electron chi connectivity index (χ3n) is 12.8. The summed E-state index contributed by atoms with van der Waals surface area (Å²) in [4.78, 5) is 5.31. The van der Waals surface area contributed by atoms with Gasteiger partial charge in [-0.2, -0.15) is 10.0 Å². The number of anilines is 3. The average molecular weight is 723 g/mol. The van der Waals surface area contributed by atoms with E-state index in [2.05, 4.69) is 192 Å². The summed E-state index contributed by atoms with van der Waals surface area (Å²) < 4.78 is 9.28. The molecule has 0 saturated carbocycles. The van der Waals surface area contributed by atoms with Gasteiger partial charge in [-0.3, -0.25) is 0 Å². The average Bonchev–Trinajstić information content (AvgIpc) is 3.88. The molecule has 8 aromatic carbocycles. The van der Waals surface area contributed by atoms with Crippen molar-refractivity contribution in [1.82, 2.24) is 4.57 Å². The number of rotatable bonds is 1. The summed E-state index contributed by atoms with van der Waals surface area (Å²) in [5.74, 6) is 0. The van der Waals surface area contributed by atoms with Gasteiger partial charge in [0.15, 0.2) is 5.58 Å². The molecule has 0 saturated heterocycles. The lowest BCUT2D eigenvalue weighted by molar-refractivity contribution is 0.669. The topological polar surface area (TPSA) is 21.3 Å². The lowest BCUT2D eigenvalue weighted by Crippen LogP contribution is -2.33. The smallest absolute Gasteiger partial charge is 0.159 e. The molecule has 55 heavy (non-hydrogen) atoms. The molecule has 10 aromatic rings. The zero-order chi connectivity index (χ0) is 36.2. The van der Waals surface area contributed by atoms with Crippen LogP contribution in [0, 0.1) is 0 Å². The van der Waals surface area contributed by atoms with Gasteiger partial charge in [-0.15, -0.1) is 0 Å². The summed E-state index contributed by atoms with van der Waals surface area (Å²) in [5.41, 5.74) is 16.7. The zero-order valence-corrected chi connectivity index (χ0v) is 31.2. The van der Waals surface area contributed by atoms with Gasteiger partial charge in [-0.1, -0.05) is 127 Å². The number of para-hydroxylation sites is 6. The minimum Gasteiger partial charge on any atom is -0.454 e. The first-order valence-corrected chi connectivity index (χ1v) is 21.5. The third kappa shape index (κ3) is 3.42. The van der Waals surface area contributed by atoms with Crippen molar-refractivity contribution in [3.05, 3.63) is 192 Å². The summed E-state index contributed by atoms with van der Waals surface area (Å²) >= 11 is 0. The van der Waals surface area contributed by atoms with Gasteiger partial charge < -0.3 is 13.9 Å². The summed E-state index contributed by atoms with van der Waals surface area (Å²) in [6.07, 6.45) is 5.01. The molecule has 0 N–H and O–H groups in total. The van der Waals surface area contributed by atoms with Crippen molar-refractivity contribution in [1.29, 1.82) is 0 Å². The maximum absolute atomic E-state index is 6.75. The highest BCUT2D eigenvalue weighted by Gasteiger charge is 2.53. The van der Waals surface area contributed by atoms with Crippen LogP contribution in [0.25, 0.3) is 60.6 Å². The molecule has 13 rings (SSSR count). The largest absolute Gasteiger partial charge is 0.454 e. The second-order valence-electron chi connectivity index (χ2n) is 15.6. The molecule has 1 spiro atoms. The fraction of sp³-hybridized carbons (Fsp3) is 0.0588. The van der Waals surface area contributed by atoms with Gasteiger partial charge >= 0.3 is 0 Å². The van der Waals surface area contributed by atoms with E-state index in [1.807, 2.05) is 0 Å². The number of aromatic nitrogens is 1. The maximum Gasteiger partial charge on any atom is 0.159 e. The van der Waals surface area contributed by atoms with E-state index in [0.717, 1.165) is 27.6 Å². The van der Waals surface area contributed by atoms with Gasteiger partial charge in [0.25, 0.3) is 0 Å². The Hall–Kier alpha value is -6.49. The van der Waals surface area contributed by atoms with Crippen LogP contribution in [-0.2, 0) is 5.41 Å². The number of benzene rings is 8. The predicted octanol–water partition coefficient (Wildman–Crippen LogP) is 13.6. The second kappa shape index (κ2) is 10.2. The molecule has 1 aliphatic carbocycles. The van der Waals surface area contributed by atoms with E-state index in [4.69, 9.17) is 4.42 Å². The Morgan fingerprint density at radius 1 is 0.473 bits per heavy atom. The van der Waals surface area contributed by atoms with E-state index in [1.165, 1.54) is 82.0 Å². The minimum absolute atomic E-state index is 0.502. The van der Waals surface area contributed by atoms with Gasteiger partial charge in [-0.25, -0.2) is 0 Å². The van der Waals surface area contributed by atoms with Crippen LogP contribution >= 0.6 is 10.0 Å². The number of nitrogens with zero attached hydrogens (tertiary/aromatic N) is 2. The molecule has 3 aliphatic rings. The Labute approximate surface area is 320 Å². The Bertz CT molecular complexity index is 3330. The van der Waals surface area contributed by atoms with Crippen LogP contribution in [0.4, 0.5) is 17.1 Å². The van der Waals surface area contributed by atoms with E-state index >= 15 is 0 Å². The van der Waals surface area contributed by atoms with E-state index < -0.39 is 15.4 Å². The Balaban J connectivity index is 1.19. The van der Waals surface area contributed by atoms with Crippen molar-refractivity contribution in [3.8, 4) is 16.8 Å². The number of fused-ring (bicyclic) bond motifs is 18. The molecule has 0 radical (unpaired) electrons. The lowest BCUT2D eigenvalue weighted by atomic mass is 9.65. The van der Waals surface area contributed by atoms with Crippen molar-refractivity contribution >= 4 is 70.8 Å². The zero-order valence-electron chi connectivity index (χ0n) is 30.4. The lowest BCUT2D eigenvalue weighted by Gasteiger charge is -2.46. The minimum atomic E-state index is -1.53. The first-order valence-electron chi connectivity index (χ1n) is 19.0. The highest BCUT2D eigenvalue weighted by atomic mass is 32.3. The normalized spacial score (nSPS) is 17.7. The highest BCUT2D eigenvalue weighted by Crippen LogP contribution is 2.73. The fourth-order valence-corrected chi connectivity index (χ4v) is 13.5. The van der Waals surface area contributed by atoms with E-state index in [9.17, 15) is 0 Å². The predicted molar refractivity (Wildman–Crippen MR) is 230 cm³/mol. The highest BCUT2D eigenvalue weighted by molar-refractivity contribution is 8.33. The fourth-order valence-electron chi connectivity index (χ4n) is 10.8. The summed E-state index contributed by atoms with van der Waals surface area (Å²) in [5, 5.41) is 4.87. The van der Waals surface area contributed by atoms with Crippen LogP contribution in [0.2, 0.25) is 0 Å². The van der Waals surface area contributed by atoms with Crippen LogP contribution in [0.3, 0.4) is 0 Å². The van der Waals surface area contributed by atoms with Gasteiger partial charge in [0.2, 0.25) is 0 Å². The molecule has 4 heterocycles. The molecule has 0 amide bonds. The molecular weight excluding hydrogens is 689 g/mol. The maximum atomic E-state index is 6.75. The van der Waals surface area contributed by atoms with Crippen LogP contribution in [0.1, 0.15) is 22.3 Å². The molecule has 1 unspecified atom stereocenters. The summed E-state index contributed by atoms with van der Waals surface area (Å²) in [7, 11) is -1.53. The van der Waals surface area contributed by atoms with Crippen LogP contribution in [0.15, 0.2) is 184 Å². The summed E-state index contributed by atoms with van der Waals surface area (Å²) in [6.45, 7) is 0. The van der Waals surface area contributed by atoms with Crippen LogP contribution < -0.4 is 4.90 Å². The molecular formula is C51H34N2OS. The first-order chi connectivity index (χ1) is 27.1. The number of hydrogen-bond acceptors (Lipinski definition) is 2. The second-order valence-corrected chi connectivity index (χ2v) is 19.1. The van der Waals surface area contributed by atoms with E-state index in [-0.39, 0.29) is 0 Å². The molecule has 2 aromatic heterocycles. The van der Waals surface area contributed by atoms with E-state index in [0.29, 0.717) is 0 Å². The van der Waals surface area contributed by atoms with Gasteiger partial charge in [0.1, 0.15) is 5.58 Å². The standard InChI is InChI=1S/C51H34N2OS/c1-55(2)46-28-12-10-25-42(46)52(43-26-14-19-34-32-16-5-11-27-45(32)54-49(34)43)44-30-29-38-47(50(44)55)35-17-3-6-20-36(35)51(38)37-21-7-9-24-41(37)53-40-23-8-4-15-31(40)33-18-13-22-39(51)48(33)53/h3-30H,1-2H3. The van der Waals surface area contributed by atoms with Crippen LogP contribution in [0.5, 0.6) is 0 Å². The van der Waals surface area contributed by atoms with E-state index in [1.54, 1.807) is 0 Å². The third-order valence-corrected chi connectivity index (χ3v) is 15.7.